The van der Waals surface area contributed by atoms with Crippen LogP contribution in [0.2, 0.25) is 0 Å². The molecule has 0 radical (unpaired) electrons. The van der Waals surface area contributed by atoms with Gasteiger partial charge in [0, 0.05) is 7.11 Å². The van der Waals surface area contributed by atoms with Gasteiger partial charge >= 0.3 is 0 Å². The van der Waals surface area contributed by atoms with Crippen molar-refractivity contribution >= 4 is 12.4 Å². The molecular formula is C27H56ClNO10. The molecule has 1 heterocycles. The highest BCUT2D eigenvalue weighted by molar-refractivity contribution is 5.85. The lowest BCUT2D eigenvalue weighted by molar-refractivity contribution is -0.113. The molecule has 1 saturated heterocycles. The zero-order chi connectivity index (χ0) is 27.4. The quantitative estimate of drug-likeness (QED) is 0.130. The van der Waals surface area contributed by atoms with Gasteiger partial charge in [0.1, 0.15) is 0 Å². The third-order valence-corrected chi connectivity index (χ3v) is 6.16. The van der Waals surface area contributed by atoms with Crippen LogP contribution in [0.4, 0.5) is 0 Å². The van der Waals surface area contributed by atoms with Gasteiger partial charge in [0.15, 0.2) is 0 Å². The Kier molecular flexibility index (Phi) is 29.2. The van der Waals surface area contributed by atoms with E-state index in [0.717, 1.165) is 25.9 Å². The van der Waals surface area contributed by atoms with E-state index in [4.69, 9.17) is 47.4 Å². The second kappa shape index (κ2) is 29.3. The van der Waals surface area contributed by atoms with Crippen molar-refractivity contribution in [3.8, 4) is 0 Å². The first-order valence-electron chi connectivity index (χ1n) is 14.2. The predicted octanol–water partition coefficient (Wildman–Crippen LogP) is 1.98. The molecule has 0 atom stereocenters. The van der Waals surface area contributed by atoms with Crippen molar-refractivity contribution in [2.75, 3.05) is 139 Å². The summed E-state index contributed by atoms with van der Waals surface area (Å²) < 4.78 is 54.9. The van der Waals surface area contributed by atoms with Crippen LogP contribution in [0.5, 0.6) is 0 Å². The zero-order valence-electron chi connectivity index (χ0n) is 24.6. The molecule has 1 N–H and O–H groups in total. The van der Waals surface area contributed by atoms with E-state index >= 15 is 0 Å². The fourth-order valence-electron chi connectivity index (χ4n) is 3.83. The highest BCUT2D eigenvalue weighted by atomic mass is 35.5. The van der Waals surface area contributed by atoms with E-state index in [9.17, 15) is 0 Å². The SMILES string of the molecule is COCCOCCOCCOCCOCCOCCOCCOCCOCCOC1(C(C)C)CCNCC1.Cl. The van der Waals surface area contributed by atoms with Crippen LogP contribution in [0.3, 0.4) is 0 Å². The molecule has 0 aromatic heterocycles. The molecule has 0 bridgehead atoms. The molecule has 1 aliphatic heterocycles. The first kappa shape index (κ1) is 38.9. The Morgan fingerprint density at radius 1 is 0.487 bits per heavy atom. The summed E-state index contributed by atoms with van der Waals surface area (Å²) in [7, 11) is 1.65. The summed E-state index contributed by atoms with van der Waals surface area (Å²) in [6.07, 6.45) is 2.12. The van der Waals surface area contributed by atoms with Gasteiger partial charge < -0.3 is 52.7 Å². The molecule has 236 valence electrons. The highest BCUT2D eigenvalue weighted by Gasteiger charge is 2.35. The first-order valence-corrected chi connectivity index (χ1v) is 14.2. The molecule has 11 nitrogen and oxygen atoms in total. The number of nitrogens with one attached hydrogen (secondary N) is 1. The molecule has 0 aromatic rings. The number of hydrogen-bond acceptors (Lipinski definition) is 11. The summed E-state index contributed by atoms with van der Waals surface area (Å²) in [5, 5.41) is 3.40. The lowest BCUT2D eigenvalue weighted by atomic mass is 9.82. The van der Waals surface area contributed by atoms with Crippen LogP contribution < -0.4 is 5.32 Å². The maximum absolute atomic E-state index is 6.23. The molecule has 1 fully saturated rings. The number of methoxy groups -OCH3 is 1. The lowest BCUT2D eigenvalue weighted by Crippen LogP contribution is -2.48. The minimum atomic E-state index is -0.00879. The molecule has 0 spiro atoms. The van der Waals surface area contributed by atoms with Gasteiger partial charge in [0.25, 0.3) is 0 Å². The Hall–Kier alpha value is -0.150. The van der Waals surface area contributed by atoms with Crippen molar-refractivity contribution in [3.63, 3.8) is 0 Å². The van der Waals surface area contributed by atoms with Gasteiger partial charge in [-0.2, -0.15) is 0 Å². The van der Waals surface area contributed by atoms with E-state index in [0.29, 0.717) is 125 Å². The molecule has 0 aromatic carbocycles. The van der Waals surface area contributed by atoms with Crippen LogP contribution >= 0.6 is 12.4 Å². The van der Waals surface area contributed by atoms with Crippen molar-refractivity contribution in [1.29, 1.82) is 0 Å². The number of rotatable bonds is 29. The third kappa shape index (κ3) is 23.1. The van der Waals surface area contributed by atoms with Gasteiger partial charge in [0.05, 0.1) is 125 Å². The number of halogens is 1. The molecular weight excluding hydrogens is 534 g/mol. The van der Waals surface area contributed by atoms with E-state index < -0.39 is 0 Å². The van der Waals surface area contributed by atoms with Crippen LogP contribution in [0.15, 0.2) is 0 Å². The number of piperidine rings is 1. The van der Waals surface area contributed by atoms with Crippen molar-refractivity contribution < 1.29 is 47.4 Å². The largest absolute Gasteiger partial charge is 0.382 e. The van der Waals surface area contributed by atoms with Gasteiger partial charge in [-0.05, 0) is 31.8 Å². The topological polar surface area (TPSA) is 104 Å². The second-order valence-corrected chi connectivity index (χ2v) is 9.21. The molecule has 0 unspecified atom stereocenters. The highest BCUT2D eigenvalue weighted by Crippen LogP contribution is 2.31. The Morgan fingerprint density at radius 2 is 0.769 bits per heavy atom. The Balaban J connectivity index is 0.0000144. The average Bonchev–Trinajstić information content (AvgIpc) is 2.93. The van der Waals surface area contributed by atoms with Gasteiger partial charge in [-0.1, -0.05) is 13.8 Å². The number of ether oxygens (including phenoxy) is 10. The van der Waals surface area contributed by atoms with Crippen LogP contribution in [0.1, 0.15) is 26.7 Å². The van der Waals surface area contributed by atoms with Crippen molar-refractivity contribution in [1.82, 2.24) is 5.32 Å². The second-order valence-electron chi connectivity index (χ2n) is 9.21. The monoisotopic (exact) mass is 589 g/mol. The van der Waals surface area contributed by atoms with E-state index in [1.54, 1.807) is 7.11 Å². The standard InChI is InChI=1S/C27H55NO10.ClH/c1-26(2)27(4-6-28-7-5-27)38-25-24-37-23-22-36-21-20-35-19-18-34-17-16-33-15-14-32-13-12-31-11-10-30-9-8-29-3;/h26,28H,4-25H2,1-3H3;1H. The summed E-state index contributed by atoms with van der Waals surface area (Å²) in [5.74, 6) is 0.511. The van der Waals surface area contributed by atoms with Crippen molar-refractivity contribution in [2.45, 2.75) is 32.3 Å². The van der Waals surface area contributed by atoms with Crippen LogP contribution in [0, 0.1) is 5.92 Å². The average molecular weight is 590 g/mol. The van der Waals surface area contributed by atoms with Gasteiger partial charge in [0.2, 0.25) is 0 Å². The molecule has 1 rings (SSSR count). The van der Waals surface area contributed by atoms with Crippen LogP contribution in [0.25, 0.3) is 0 Å². The van der Waals surface area contributed by atoms with Crippen molar-refractivity contribution in [2.24, 2.45) is 5.92 Å². The first-order chi connectivity index (χ1) is 18.7. The summed E-state index contributed by atoms with van der Waals surface area (Å²) >= 11 is 0. The minimum absolute atomic E-state index is 0. The fraction of sp³-hybridized carbons (Fsp3) is 1.00. The number of hydrogen-bond donors (Lipinski definition) is 1. The molecule has 1 aliphatic rings. The lowest BCUT2D eigenvalue weighted by Gasteiger charge is -2.41. The maximum Gasteiger partial charge on any atom is 0.0730 e. The molecule has 0 aliphatic carbocycles. The van der Waals surface area contributed by atoms with Crippen LogP contribution in [-0.2, 0) is 47.4 Å². The summed E-state index contributed by atoms with van der Waals surface area (Å²) in [4.78, 5) is 0. The molecule has 0 amide bonds. The third-order valence-electron chi connectivity index (χ3n) is 6.16. The normalized spacial score (nSPS) is 15.1. The maximum atomic E-state index is 6.23. The van der Waals surface area contributed by atoms with Crippen LogP contribution in [-0.4, -0.2) is 145 Å². The van der Waals surface area contributed by atoms with E-state index in [1.807, 2.05) is 0 Å². The Labute approximate surface area is 242 Å². The summed E-state index contributed by atoms with van der Waals surface area (Å²) in [5.41, 5.74) is -0.00879. The molecule has 12 heteroatoms. The Morgan fingerprint density at radius 3 is 1.05 bits per heavy atom. The minimum Gasteiger partial charge on any atom is -0.382 e. The summed E-state index contributed by atoms with van der Waals surface area (Å²) in [6.45, 7) is 16.5. The van der Waals surface area contributed by atoms with Gasteiger partial charge in [-0.15, -0.1) is 12.4 Å². The Bertz CT molecular complexity index is 487. The summed E-state index contributed by atoms with van der Waals surface area (Å²) in [6, 6.07) is 0. The van der Waals surface area contributed by atoms with Crippen molar-refractivity contribution in [3.05, 3.63) is 0 Å². The molecule has 39 heavy (non-hydrogen) atoms. The molecule has 0 saturated carbocycles. The van der Waals surface area contributed by atoms with E-state index in [1.165, 1.54) is 0 Å². The zero-order valence-corrected chi connectivity index (χ0v) is 25.4. The van der Waals surface area contributed by atoms with E-state index in [2.05, 4.69) is 19.2 Å². The van der Waals surface area contributed by atoms with Gasteiger partial charge in [-0.25, -0.2) is 0 Å². The fourth-order valence-corrected chi connectivity index (χ4v) is 3.83. The van der Waals surface area contributed by atoms with Gasteiger partial charge in [-0.3, -0.25) is 0 Å². The predicted molar refractivity (Wildman–Crippen MR) is 151 cm³/mol. The smallest absolute Gasteiger partial charge is 0.0730 e. The van der Waals surface area contributed by atoms with E-state index in [-0.39, 0.29) is 18.0 Å².